The van der Waals surface area contributed by atoms with Gasteiger partial charge in [0.05, 0.1) is 6.04 Å². The number of aliphatic carboxylic acids is 1. The number of carboxylic acid groups (broad SMARTS) is 1. The summed E-state index contributed by atoms with van der Waals surface area (Å²) in [5.41, 5.74) is 3.58. The van der Waals surface area contributed by atoms with E-state index in [0.717, 1.165) is 11.3 Å². The van der Waals surface area contributed by atoms with Crippen LogP contribution in [0.25, 0.3) is 0 Å². The predicted octanol–water partition coefficient (Wildman–Crippen LogP) is 3.44. The molecule has 21 heavy (non-hydrogen) atoms. The van der Waals surface area contributed by atoms with Crippen LogP contribution in [-0.4, -0.2) is 17.1 Å². The SMILES string of the molecule is C[C@H](NC1c2ccccc2CSc2ccccc21)C(=O)O. The van der Waals surface area contributed by atoms with E-state index in [4.69, 9.17) is 0 Å². The first-order valence-electron chi connectivity index (χ1n) is 6.95. The summed E-state index contributed by atoms with van der Waals surface area (Å²) >= 11 is 1.80. The van der Waals surface area contributed by atoms with Crippen LogP contribution in [0.1, 0.15) is 29.7 Å². The molecule has 1 heterocycles. The summed E-state index contributed by atoms with van der Waals surface area (Å²) in [6.45, 7) is 1.69. The van der Waals surface area contributed by atoms with Crippen LogP contribution < -0.4 is 5.32 Å². The summed E-state index contributed by atoms with van der Waals surface area (Å²) in [4.78, 5) is 12.4. The highest BCUT2D eigenvalue weighted by atomic mass is 32.2. The molecule has 2 aromatic rings. The molecule has 1 unspecified atom stereocenters. The molecule has 1 aliphatic heterocycles. The third-order valence-electron chi connectivity index (χ3n) is 3.77. The van der Waals surface area contributed by atoms with Crippen molar-refractivity contribution in [2.75, 3.05) is 0 Å². The van der Waals surface area contributed by atoms with Crippen LogP contribution in [-0.2, 0) is 10.5 Å². The maximum absolute atomic E-state index is 11.2. The van der Waals surface area contributed by atoms with Gasteiger partial charge in [0.2, 0.25) is 0 Å². The van der Waals surface area contributed by atoms with E-state index >= 15 is 0 Å². The van der Waals surface area contributed by atoms with Gasteiger partial charge in [0.15, 0.2) is 0 Å². The van der Waals surface area contributed by atoms with Gasteiger partial charge in [-0.25, -0.2) is 0 Å². The zero-order valence-corrected chi connectivity index (χ0v) is 12.6. The Morgan fingerprint density at radius 1 is 1.19 bits per heavy atom. The highest BCUT2D eigenvalue weighted by Gasteiger charge is 2.26. The number of nitrogens with one attached hydrogen (secondary N) is 1. The summed E-state index contributed by atoms with van der Waals surface area (Å²) in [6, 6.07) is 15.8. The van der Waals surface area contributed by atoms with E-state index < -0.39 is 12.0 Å². The molecular weight excluding hydrogens is 282 g/mol. The Labute approximate surface area is 128 Å². The topological polar surface area (TPSA) is 49.3 Å². The van der Waals surface area contributed by atoms with Gasteiger partial charge in [-0.3, -0.25) is 10.1 Å². The van der Waals surface area contributed by atoms with Gasteiger partial charge < -0.3 is 5.11 Å². The maximum Gasteiger partial charge on any atom is 0.320 e. The zero-order chi connectivity index (χ0) is 14.8. The van der Waals surface area contributed by atoms with Crippen molar-refractivity contribution < 1.29 is 9.90 Å². The summed E-state index contributed by atoms with van der Waals surface area (Å²) in [6.07, 6.45) is 0. The monoisotopic (exact) mass is 299 g/mol. The van der Waals surface area contributed by atoms with Crippen molar-refractivity contribution in [3.05, 3.63) is 65.2 Å². The van der Waals surface area contributed by atoms with Gasteiger partial charge in [0, 0.05) is 10.6 Å². The van der Waals surface area contributed by atoms with Crippen molar-refractivity contribution in [2.45, 2.75) is 29.7 Å². The molecule has 0 saturated carbocycles. The average molecular weight is 299 g/mol. The molecule has 3 rings (SSSR count). The number of thioether (sulfide) groups is 1. The predicted molar refractivity (Wildman–Crippen MR) is 84.5 cm³/mol. The number of hydrogen-bond donors (Lipinski definition) is 2. The van der Waals surface area contributed by atoms with Gasteiger partial charge in [-0.05, 0) is 29.7 Å². The van der Waals surface area contributed by atoms with E-state index in [1.807, 2.05) is 24.3 Å². The number of fused-ring (bicyclic) bond motifs is 2. The van der Waals surface area contributed by atoms with Crippen molar-refractivity contribution in [3.8, 4) is 0 Å². The first kappa shape index (κ1) is 14.2. The Hall–Kier alpha value is -1.78. The van der Waals surface area contributed by atoms with E-state index in [2.05, 4.69) is 29.6 Å². The Balaban J connectivity index is 2.08. The molecular formula is C17H17NO2S. The lowest BCUT2D eigenvalue weighted by atomic mass is 9.94. The molecule has 2 aromatic carbocycles. The fourth-order valence-electron chi connectivity index (χ4n) is 2.62. The molecule has 0 amide bonds. The Morgan fingerprint density at radius 3 is 2.62 bits per heavy atom. The molecule has 0 aromatic heterocycles. The molecule has 0 fully saturated rings. The second kappa shape index (κ2) is 5.92. The number of rotatable bonds is 3. The smallest absolute Gasteiger partial charge is 0.320 e. The van der Waals surface area contributed by atoms with Crippen molar-refractivity contribution in [1.29, 1.82) is 0 Å². The quantitative estimate of drug-likeness (QED) is 0.911. The molecule has 4 heteroatoms. The Kier molecular flexibility index (Phi) is 3.99. The average Bonchev–Trinajstić information content (AvgIpc) is 2.65. The molecule has 108 valence electrons. The fourth-order valence-corrected chi connectivity index (χ4v) is 3.72. The van der Waals surface area contributed by atoms with Crippen molar-refractivity contribution in [3.63, 3.8) is 0 Å². The number of carboxylic acids is 1. The molecule has 0 spiro atoms. The van der Waals surface area contributed by atoms with E-state index in [-0.39, 0.29) is 6.04 Å². The molecule has 0 saturated heterocycles. The van der Waals surface area contributed by atoms with Crippen LogP contribution in [0, 0.1) is 0 Å². The molecule has 1 aliphatic rings. The summed E-state index contributed by atoms with van der Waals surface area (Å²) in [5, 5.41) is 12.5. The maximum atomic E-state index is 11.2. The number of hydrogen-bond acceptors (Lipinski definition) is 3. The van der Waals surface area contributed by atoms with Crippen molar-refractivity contribution in [2.24, 2.45) is 0 Å². The van der Waals surface area contributed by atoms with Gasteiger partial charge in [-0.15, -0.1) is 11.8 Å². The van der Waals surface area contributed by atoms with Gasteiger partial charge in [0.1, 0.15) is 6.04 Å². The zero-order valence-electron chi connectivity index (χ0n) is 11.7. The number of carbonyl (C=O) groups is 1. The van der Waals surface area contributed by atoms with E-state index in [1.54, 1.807) is 18.7 Å². The van der Waals surface area contributed by atoms with Crippen LogP contribution in [0.4, 0.5) is 0 Å². The first-order chi connectivity index (χ1) is 10.2. The largest absolute Gasteiger partial charge is 0.480 e. The Bertz CT molecular complexity index is 624. The standard InChI is InChI=1S/C17H17NO2S/c1-11(17(19)20)18-16-13-7-3-2-6-12(13)10-21-15-9-5-4-8-14(15)16/h2-9,11,16,18H,10H2,1H3,(H,19,20)/t11-,16?/m0/s1. The lowest BCUT2D eigenvalue weighted by Crippen LogP contribution is -2.37. The summed E-state index contributed by atoms with van der Waals surface area (Å²) in [5.74, 6) is 0.0779. The fraction of sp³-hybridized carbons (Fsp3) is 0.235. The molecule has 0 aliphatic carbocycles. The summed E-state index contributed by atoms with van der Waals surface area (Å²) in [7, 11) is 0. The second-order valence-electron chi connectivity index (χ2n) is 5.18. The lowest BCUT2D eigenvalue weighted by Gasteiger charge is -2.23. The third-order valence-corrected chi connectivity index (χ3v) is 4.90. The highest BCUT2D eigenvalue weighted by Crippen LogP contribution is 2.39. The van der Waals surface area contributed by atoms with Gasteiger partial charge in [-0.1, -0.05) is 42.5 Å². The van der Waals surface area contributed by atoms with Crippen LogP contribution in [0.2, 0.25) is 0 Å². The minimum Gasteiger partial charge on any atom is -0.480 e. The third kappa shape index (κ3) is 2.82. The lowest BCUT2D eigenvalue weighted by molar-refractivity contribution is -0.139. The highest BCUT2D eigenvalue weighted by molar-refractivity contribution is 7.98. The molecule has 0 bridgehead atoms. The molecule has 3 nitrogen and oxygen atoms in total. The van der Waals surface area contributed by atoms with E-state index in [9.17, 15) is 9.90 Å². The molecule has 2 N–H and O–H groups in total. The van der Waals surface area contributed by atoms with Crippen LogP contribution in [0.3, 0.4) is 0 Å². The minimum absolute atomic E-state index is 0.0847. The van der Waals surface area contributed by atoms with E-state index in [0.29, 0.717) is 0 Å². The number of benzene rings is 2. The van der Waals surface area contributed by atoms with E-state index in [1.165, 1.54) is 16.0 Å². The minimum atomic E-state index is -0.832. The second-order valence-corrected chi connectivity index (χ2v) is 6.20. The van der Waals surface area contributed by atoms with Crippen LogP contribution >= 0.6 is 11.8 Å². The summed E-state index contributed by atoms with van der Waals surface area (Å²) < 4.78 is 0. The van der Waals surface area contributed by atoms with Gasteiger partial charge in [0.25, 0.3) is 0 Å². The molecule has 2 atom stereocenters. The Morgan fingerprint density at radius 2 is 1.86 bits per heavy atom. The van der Waals surface area contributed by atoms with Crippen LogP contribution in [0.15, 0.2) is 53.4 Å². The van der Waals surface area contributed by atoms with Crippen molar-refractivity contribution >= 4 is 17.7 Å². The normalized spacial score (nSPS) is 18.2. The first-order valence-corrected chi connectivity index (χ1v) is 7.94. The van der Waals surface area contributed by atoms with Gasteiger partial charge in [-0.2, -0.15) is 0 Å². The molecule has 0 radical (unpaired) electrons. The van der Waals surface area contributed by atoms with Crippen LogP contribution in [0.5, 0.6) is 0 Å². The van der Waals surface area contributed by atoms with Crippen molar-refractivity contribution in [1.82, 2.24) is 5.32 Å². The van der Waals surface area contributed by atoms with Gasteiger partial charge >= 0.3 is 5.97 Å².